The maximum absolute atomic E-state index is 13.6. The normalized spacial score (nSPS) is 20.0. The molecule has 5 aromatic rings. The molecule has 7 heterocycles. The van der Waals surface area contributed by atoms with Crippen molar-refractivity contribution in [1.82, 2.24) is 34.4 Å². The van der Waals surface area contributed by atoms with Crippen molar-refractivity contribution >= 4 is 61.7 Å². The Morgan fingerprint density at radius 2 is 1.63 bits per heavy atom. The van der Waals surface area contributed by atoms with Crippen molar-refractivity contribution in [3.63, 3.8) is 0 Å². The first kappa shape index (κ1) is 40.6. The Morgan fingerprint density at radius 1 is 0.857 bits per heavy atom. The Morgan fingerprint density at radius 3 is 2.41 bits per heavy atom. The number of sulfonamides is 1. The van der Waals surface area contributed by atoms with Gasteiger partial charge in [0.1, 0.15) is 18.3 Å². The number of rotatable bonds is 9. The van der Waals surface area contributed by atoms with Crippen molar-refractivity contribution in [1.29, 1.82) is 0 Å². The summed E-state index contributed by atoms with van der Waals surface area (Å²) in [7, 11) is -3.53. The summed E-state index contributed by atoms with van der Waals surface area (Å²) >= 11 is 0. The van der Waals surface area contributed by atoms with Crippen LogP contribution in [0.2, 0.25) is 0 Å². The van der Waals surface area contributed by atoms with Crippen LogP contribution in [-0.2, 0) is 20.6 Å². The van der Waals surface area contributed by atoms with Crippen molar-refractivity contribution in [2.45, 2.75) is 50.4 Å². The molecule has 63 heavy (non-hydrogen) atoms. The number of nitrogens with one attached hydrogen (secondary N) is 3. The number of hydrogen-bond donors (Lipinski definition) is 3. The number of carbonyl (C=O) groups excluding carboxylic acids is 3. The second-order valence-corrected chi connectivity index (χ2v) is 18.8. The van der Waals surface area contributed by atoms with Crippen LogP contribution >= 0.6 is 0 Å². The number of piperazine rings is 1. The van der Waals surface area contributed by atoms with Gasteiger partial charge in [-0.25, -0.2) is 27.7 Å². The number of carbonyl (C=O) groups is 3. The van der Waals surface area contributed by atoms with E-state index in [4.69, 9.17) is 9.72 Å². The molecule has 5 aliphatic rings. The number of ether oxygens (including phenoxy) is 1. The molecule has 16 nitrogen and oxygen atoms in total. The minimum absolute atomic E-state index is 0.0826. The number of benzene rings is 3. The standard InChI is InChI=1S/C46H48N10O6S/c1-28-3-12-40(42(57)50-28)56-44(58)36-11-10-35(24-37(36)45(56)59)54-20-18-53(19-21-54)34-13-16-55(17-14-34)63(60,61)27-30-4-8-33(9-5-30)51-46-49-25-32-7-6-31(23-39(32)52-46)38-26-48-43-41(29(38)2)47-15-22-62-43/h4-11,23-26,34,40,47H,1,3,12-22,27H2,2H3,(H,50,57)(H,49,51,52). The molecular formula is C46H48N10O6S. The highest BCUT2D eigenvalue weighted by Gasteiger charge is 2.44. The van der Waals surface area contributed by atoms with Crippen LogP contribution in [0.15, 0.2) is 85.3 Å². The molecule has 3 fully saturated rings. The Bertz CT molecular complexity index is 2780. The lowest BCUT2D eigenvalue weighted by Gasteiger charge is -2.43. The molecule has 0 aliphatic carbocycles. The number of aromatic nitrogens is 3. The predicted octanol–water partition coefficient (Wildman–Crippen LogP) is 5.05. The van der Waals surface area contributed by atoms with Crippen LogP contribution in [0.1, 0.15) is 57.5 Å². The van der Waals surface area contributed by atoms with Crippen LogP contribution in [-0.4, -0.2) is 120 Å². The number of hydrogen-bond acceptors (Lipinski definition) is 13. The number of pyridine rings is 1. The number of anilines is 4. The Hall–Kier alpha value is -6.43. The van der Waals surface area contributed by atoms with Gasteiger partial charge in [0, 0.05) is 92.3 Å². The van der Waals surface area contributed by atoms with Gasteiger partial charge in [0.25, 0.3) is 11.8 Å². The van der Waals surface area contributed by atoms with E-state index in [9.17, 15) is 22.8 Å². The van der Waals surface area contributed by atoms with Gasteiger partial charge in [-0.15, -0.1) is 0 Å². The number of amides is 3. The molecule has 0 saturated carbocycles. The van der Waals surface area contributed by atoms with Crippen molar-refractivity contribution in [2.75, 3.05) is 68.0 Å². The van der Waals surface area contributed by atoms with E-state index < -0.39 is 27.9 Å². The minimum atomic E-state index is -3.53. The second kappa shape index (κ2) is 16.4. The molecule has 10 rings (SSSR count). The third kappa shape index (κ3) is 7.85. The zero-order valence-electron chi connectivity index (χ0n) is 35.0. The minimum Gasteiger partial charge on any atom is -0.474 e. The first-order chi connectivity index (χ1) is 30.5. The average molecular weight is 869 g/mol. The summed E-state index contributed by atoms with van der Waals surface area (Å²) in [6.07, 6.45) is 5.99. The van der Waals surface area contributed by atoms with Gasteiger partial charge in [-0.1, -0.05) is 30.8 Å². The van der Waals surface area contributed by atoms with Gasteiger partial charge in [-0.3, -0.25) is 24.2 Å². The number of fused-ring (bicyclic) bond motifs is 3. The molecule has 0 radical (unpaired) electrons. The summed E-state index contributed by atoms with van der Waals surface area (Å²) in [6.45, 7) is 11.2. The van der Waals surface area contributed by atoms with Crippen LogP contribution in [0, 0.1) is 6.92 Å². The topological polar surface area (TPSA) is 182 Å². The van der Waals surface area contributed by atoms with E-state index in [1.807, 2.05) is 54.7 Å². The Kier molecular flexibility index (Phi) is 10.6. The van der Waals surface area contributed by atoms with E-state index in [1.165, 1.54) is 0 Å². The summed E-state index contributed by atoms with van der Waals surface area (Å²) in [4.78, 5) is 58.8. The molecule has 2 aromatic heterocycles. The van der Waals surface area contributed by atoms with E-state index >= 15 is 0 Å². The quantitative estimate of drug-likeness (QED) is 0.168. The Labute approximate surface area is 365 Å². The van der Waals surface area contributed by atoms with Crippen molar-refractivity contribution in [3.05, 3.63) is 108 Å². The van der Waals surface area contributed by atoms with Crippen molar-refractivity contribution < 1.29 is 27.5 Å². The molecule has 1 unspecified atom stereocenters. The number of allylic oxidation sites excluding steroid dienone is 1. The number of imide groups is 1. The van der Waals surface area contributed by atoms with Gasteiger partial charge in [-0.2, -0.15) is 0 Å². The van der Waals surface area contributed by atoms with Gasteiger partial charge >= 0.3 is 0 Å². The van der Waals surface area contributed by atoms with Crippen LogP contribution in [0.3, 0.4) is 0 Å². The largest absolute Gasteiger partial charge is 0.474 e. The molecule has 3 aromatic carbocycles. The molecular weight excluding hydrogens is 821 g/mol. The highest BCUT2D eigenvalue weighted by atomic mass is 32.2. The summed E-state index contributed by atoms with van der Waals surface area (Å²) < 4.78 is 34.5. The number of nitrogens with zero attached hydrogens (tertiary/aromatic N) is 7. The van der Waals surface area contributed by atoms with Gasteiger partial charge in [0.05, 0.1) is 22.4 Å². The maximum atomic E-state index is 13.6. The molecule has 3 saturated heterocycles. The van der Waals surface area contributed by atoms with E-state index in [0.29, 0.717) is 66.8 Å². The lowest BCUT2D eigenvalue weighted by Crippen LogP contribution is -2.53. The van der Waals surface area contributed by atoms with Crippen LogP contribution < -0.4 is 25.6 Å². The van der Waals surface area contributed by atoms with E-state index in [-0.39, 0.29) is 17.7 Å². The van der Waals surface area contributed by atoms with Gasteiger partial charge in [0.2, 0.25) is 27.8 Å². The van der Waals surface area contributed by atoms with Crippen LogP contribution in [0.25, 0.3) is 22.0 Å². The summed E-state index contributed by atoms with van der Waals surface area (Å²) in [5.41, 5.74) is 8.29. The first-order valence-corrected chi connectivity index (χ1v) is 23.1. The van der Waals surface area contributed by atoms with E-state index in [1.54, 1.807) is 22.6 Å². The predicted molar refractivity (Wildman–Crippen MR) is 239 cm³/mol. The fraction of sp³-hybridized carbons (Fsp3) is 0.348. The highest BCUT2D eigenvalue weighted by Crippen LogP contribution is 2.37. The maximum Gasteiger partial charge on any atom is 0.262 e. The second-order valence-electron chi connectivity index (χ2n) is 16.8. The molecule has 1 atom stereocenters. The summed E-state index contributed by atoms with van der Waals surface area (Å²) in [6, 6.07) is 18.2. The third-order valence-corrected chi connectivity index (χ3v) is 14.8. The summed E-state index contributed by atoms with van der Waals surface area (Å²) in [5, 5.41) is 10.2. The molecule has 3 N–H and O–H groups in total. The highest BCUT2D eigenvalue weighted by molar-refractivity contribution is 7.88. The smallest absolute Gasteiger partial charge is 0.262 e. The lowest BCUT2D eigenvalue weighted by atomic mass is 10.00. The van der Waals surface area contributed by atoms with Gasteiger partial charge < -0.3 is 25.6 Å². The monoisotopic (exact) mass is 868 g/mol. The SMILES string of the molecule is C=C1CCC(N2C(=O)c3ccc(N4CCN(C5CCN(S(=O)(=O)Cc6ccc(Nc7ncc8ccc(-c9cnc%10c(c9C)NCCO%10)cc8n7)cc6)CC5)CC4)cc3C2=O)C(=O)N1. The fourth-order valence-electron chi connectivity index (χ4n) is 9.44. The fourth-order valence-corrected chi connectivity index (χ4v) is 11.0. The molecule has 324 valence electrons. The zero-order chi connectivity index (χ0) is 43.4. The Balaban J connectivity index is 0.713. The molecule has 0 bridgehead atoms. The molecule has 17 heteroatoms. The van der Waals surface area contributed by atoms with Crippen molar-refractivity contribution in [3.8, 4) is 17.0 Å². The van der Waals surface area contributed by atoms with Crippen LogP contribution in [0.5, 0.6) is 5.88 Å². The summed E-state index contributed by atoms with van der Waals surface area (Å²) in [5.74, 6) is -0.287. The molecule has 3 amide bonds. The lowest BCUT2D eigenvalue weighted by molar-refractivity contribution is -0.125. The number of piperidine rings is 2. The molecule has 5 aliphatic heterocycles. The zero-order valence-corrected chi connectivity index (χ0v) is 35.8. The van der Waals surface area contributed by atoms with E-state index in [2.05, 4.69) is 49.2 Å². The van der Waals surface area contributed by atoms with Crippen molar-refractivity contribution in [2.24, 2.45) is 0 Å². The third-order valence-electron chi connectivity index (χ3n) is 12.9. The van der Waals surface area contributed by atoms with Crippen LogP contribution in [0.4, 0.5) is 23.0 Å². The molecule has 0 spiro atoms. The first-order valence-electron chi connectivity index (χ1n) is 21.5. The van der Waals surface area contributed by atoms with Gasteiger partial charge in [-0.05, 0) is 85.7 Å². The van der Waals surface area contributed by atoms with Gasteiger partial charge in [0.15, 0.2) is 0 Å². The average Bonchev–Trinajstić information content (AvgIpc) is 3.54. The van der Waals surface area contributed by atoms with E-state index in [0.717, 1.165) is 95.1 Å².